The highest BCUT2D eigenvalue weighted by Gasteiger charge is 2.51. The number of aliphatic hydroxyl groups is 5. The van der Waals surface area contributed by atoms with E-state index in [-0.39, 0.29) is 22.8 Å². The third kappa shape index (κ3) is 6.77. The highest BCUT2D eigenvalue weighted by Crippen LogP contribution is 2.45. The van der Waals surface area contributed by atoms with Gasteiger partial charge in [0.15, 0.2) is 41.0 Å². The number of carbonyl (C=O) groups is 1. The maximum atomic E-state index is 13.3. The zero-order chi connectivity index (χ0) is 35.9. The number of esters is 1. The average molecular weight is 697 g/mol. The maximum absolute atomic E-state index is 13.3. The topological polar surface area (TPSA) is 274 Å². The fourth-order valence-corrected chi connectivity index (χ4v) is 5.48. The monoisotopic (exact) mass is 696 g/mol. The van der Waals surface area contributed by atoms with Crippen molar-refractivity contribution in [1.29, 1.82) is 0 Å². The molecule has 2 saturated heterocycles. The van der Waals surface area contributed by atoms with Crippen molar-refractivity contribution < 1.29 is 83.2 Å². The summed E-state index contributed by atoms with van der Waals surface area (Å²) < 4.78 is 44.4. The number of ether oxygens (including phenoxy) is 7. The van der Waals surface area contributed by atoms with E-state index in [1.54, 1.807) is 0 Å². The van der Waals surface area contributed by atoms with E-state index in [2.05, 4.69) is 0 Å². The summed E-state index contributed by atoms with van der Waals surface area (Å²) >= 11 is 0. The van der Waals surface area contributed by atoms with Gasteiger partial charge in [0.25, 0.3) is 0 Å². The number of aromatic hydroxyl groups is 3. The van der Waals surface area contributed by atoms with Crippen LogP contribution < -0.4 is 19.6 Å². The highest BCUT2D eigenvalue weighted by molar-refractivity contribution is 5.93. The van der Waals surface area contributed by atoms with Gasteiger partial charge in [-0.1, -0.05) is 0 Å². The van der Waals surface area contributed by atoms with Crippen LogP contribution in [0.25, 0.3) is 22.3 Å². The molecule has 268 valence electrons. The molecule has 1 aromatic heterocycles. The van der Waals surface area contributed by atoms with Gasteiger partial charge in [0, 0.05) is 18.6 Å². The Kier molecular flexibility index (Phi) is 10.4. The summed E-state index contributed by atoms with van der Waals surface area (Å²) in [5, 5.41) is 84.1. The number of methoxy groups -OCH3 is 2. The van der Waals surface area contributed by atoms with Gasteiger partial charge in [-0.15, -0.1) is 0 Å². The van der Waals surface area contributed by atoms with Crippen LogP contribution in [0.15, 0.2) is 33.5 Å². The molecule has 2 fully saturated rings. The molecule has 49 heavy (non-hydrogen) atoms. The number of phenolic OH excluding ortho intramolecular Hbond substituents is 2. The van der Waals surface area contributed by atoms with E-state index >= 15 is 0 Å². The molecule has 10 atom stereocenters. The molecule has 0 amide bonds. The quantitative estimate of drug-likeness (QED) is 0.127. The van der Waals surface area contributed by atoms with Gasteiger partial charge in [0.05, 0.1) is 20.3 Å². The SMILES string of the molecule is COc1cc(-c2oc3c(OC)c(OC4OC(COC(C)=O)C(O)C(O)C4OC4OC(C)C(O)C(O)C4O)cc(O)c3c(=O)c2O)ccc1O. The number of fused-ring (bicyclic) bond motifs is 1. The Labute approximate surface area is 276 Å². The van der Waals surface area contributed by atoms with E-state index in [9.17, 15) is 50.4 Å². The summed E-state index contributed by atoms with van der Waals surface area (Å²) in [7, 11) is 2.44. The number of phenols is 2. The van der Waals surface area contributed by atoms with Gasteiger partial charge < -0.3 is 78.4 Å². The lowest BCUT2D eigenvalue weighted by molar-refractivity contribution is -0.354. The first-order chi connectivity index (χ1) is 23.2. The third-order valence-corrected chi connectivity index (χ3v) is 8.13. The van der Waals surface area contributed by atoms with E-state index in [1.807, 2.05) is 0 Å². The van der Waals surface area contributed by atoms with Crippen molar-refractivity contribution in [2.75, 3.05) is 20.8 Å². The number of benzene rings is 2. The zero-order valence-corrected chi connectivity index (χ0v) is 26.5. The molecule has 10 unspecified atom stereocenters. The van der Waals surface area contributed by atoms with Crippen LogP contribution in [0.1, 0.15) is 13.8 Å². The van der Waals surface area contributed by atoms with Crippen molar-refractivity contribution in [3.05, 3.63) is 34.5 Å². The Hall–Kier alpha value is -4.40. The van der Waals surface area contributed by atoms with Crippen molar-refractivity contribution in [2.24, 2.45) is 0 Å². The van der Waals surface area contributed by atoms with Gasteiger partial charge >= 0.3 is 5.97 Å². The molecule has 0 spiro atoms. The van der Waals surface area contributed by atoms with E-state index in [4.69, 9.17) is 37.6 Å². The second-order valence-corrected chi connectivity index (χ2v) is 11.4. The molecule has 18 heteroatoms. The number of rotatable bonds is 9. The minimum Gasteiger partial charge on any atom is -0.507 e. The van der Waals surface area contributed by atoms with Gasteiger partial charge in [-0.3, -0.25) is 9.59 Å². The van der Waals surface area contributed by atoms with E-state index in [1.165, 1.54) is 32.2 Å². The molecule has 18 nitrogen and oxygen atoms in total. The van der Waals surface area contributed by atoms with E-state index in [0.29, 0.717) is 0 Å². The Morgan fingerprint density at radius 3 is 2.20 bits per heavy atom. The van der Waals surface area contributed by atoms with Crippen LogP contribution in [-0.2, 0) is 23.7 Å². The van der Waals surface area contributed by atoms with Crippen molar-refractivity contribution in [1.82, 2.24) is 0 Å². The fourth-order valence-electron chi connectivity index (χ4n) is 5.48. The lowest BCUT2D eigenvalue weighted by Crippen LogP contribution is -2.64. The molecule has 0 aliphatic carbocycles. The molecule has 0 radical (unpaired) electrons. The minimum atomic E-state index is -1.89. The summed E-state index contributed by atoms with van der Waals surface area (Å²) in [5.41, 5.74) is -1.41. The molecule has 3 aromatic rings. The third-order valence-electron chi connectivity index (χ3n) is 8.13. The second-order valence-electron chi connectivity index (χ2n) is 11.4. The molecule has 2 aliphatic heterocycles. The molecule has 8 N–H and O–H groups in total. The fraction of sp³-hybridized carbons (Fsp3) is 0.484. The Balaban J connectivity index is 1.59. The molecular formula is C31H36O18. The maximum Gasteiger partial charge on any atom is 0.302 e. The summed E-state index contributed by atoms with van der Waals surface area (Å²) in [6.45, 7) is 1.93. The van der Waals surface area contributed by atoms with Gasteiger partial charge in [-0.25, -0.2) is 0 Å². The summed E-state index contributed by atoms with van der Waals surface area (Å²) in [5.74, 6) is -3.77. The standard InChI is InChI=1S/C31H36O18/c1-10-19(35)22(38)25(41)30(45-10)49-29-23(39)20(36)17(9-44-11(2)32)47-31(29)46-16-8-14(34)18-21(37)24(40)26(48-28(18)27(16)43-4)12-5-6-13(33)15(7-12)42-3/h5-8,10,17,19-20,22-23,25,29-31,33-36,38-41H,9H2,1-4H3. The minimum absolute atomic E-state index is 0.0143. The van der Waals surface area contributed by atoms with Crippen molar-refractivity contribution in [3.63, 3.8) is 0 Å². The first-order valence-corrected chi connectivity index (χ1v) is 14.8. The van der Waals surface area contributed by atoms with Gasteiger partial charge in [-0.05, 0) is 25.1 Å². The second kappa shape index (κ2) is 14.2. The number of carbonyl (C=O) groups excluding carboxylic acids is 1. The lowest BCUT2D eigenvalue weighted by Gasteiger charge is -2.45. The van der Waals surface area contributed by atoms with Crippen molar-refractivity contribution in [3.8, 4) is 45.8 Å². The molecule has 2 aliphatic rings. The van der Waals surface area contributed by atoms with Gasteiger partial charge in [0.2, 0.25) is 23.2 Å². The number of hydrogen-bond acceptors (Lipinski definition) is 18. The summed E-state index contributed by atoms with van der Waals surface area (Å²) in [4.78, 5) is 24.8. The molecule has 2 aromatic carbocycles. The predicted octanol–water partition coefficient (Wildman–Crippen LogP) is -0.805. The van der Waals surface area contributed by atoms with Gasteiger partial charge in [-0.2, -0.15) is 0 Å². The van der Waals surface area contributed by atoms with Crippen LogP contribution in [0.5, 0.6) is 34.5 Å². The van der Waals surface area contributed by atoms with Crippen LogP contribution in [0, 0.1) is 0 Å². The molecule has 3 heterocycles. The Bertz CT molecular complexity index is 1740. The van der Waals surface area contributed by atoms with Crippen molar-refractivity contribution in [2.45, 2.75) is 75.3 Å². The van der Waals surface area contributed by atoms with E-state index < -0.39 is 113 Å². The molecular weight excluding hydrogens is 660 g/mol. The first-order valence-electron chi connectivity index (χ1n) is 14.8. The average Bonchev–Trinajstić information content (AvgIpc) is 3.06. The Morgan fingerprint density at radius 1 is 0.837 bits per heavy atom. The van der Waals surface area contributed by atoms with Crippen LogP contribution in [0.3, 0.4) is 0 Å². The smallest absolute Gasteiger partial charge is 0.302 e. The Morgan fingerprint density at radius 2 is 1.55 bits per heavy atom. The van der Waals surface area contributed by atoms with Crippen LogP contribution in [0.4, 0.5) is 0 Å². The highest BCUT2D eigenvalue weighted by atomic mass is 16.8. The number of aliphatic hydroxyl groups excluding tert-OH is 5. The van der Waals surface area contributed by atoms with E-state index in [0.717, 1.165) is 20.1 Å². The summed E-state index contributed by atoms with van der Waals surface area (Å²) in [6.07, 6.45) is -16.4. The van der Waals surface area contributed by atoms with Crippen LogP contribution in [0.2, 0.25) is 0 Å². The van der Waals surface area contributed by atoms with Crippen molar-refractivity contribution >= 4 is 16.9 Å². The summed E-state index contributed by atoms with van der Waals surface area (Å²) in [6, 6.07) is 4.73. The predicted molar refractivity (Wildman–Crippen MR) is 161 cm³/mol. The van der Waals surface area contributed by atoms with Crippen LogP contribution >= 0.6 is 0 Å². The number of hydrogen-bond donors (Lipinski definition) is 8. The lowest BCUT2D eigenvalue weighted by atomic mass is 9.97. The first kappa shape index (κ1) is 35.9. The van der Waals surface area contributed by atoms with Gasteiger partial charge in [0.1, 0.15) is 54.4 Å². The normalized spacial score (nSPS) is 30.1. The molecule has 5 rings (SSSR count). The largest absolute Gasteiger partial charge is 0.507 e. The molecule has 0 saturated carbocycles. The van der Waals surface area contributed by atoms with Crippen LogP contribution in [-0.4, -0.2) is 129 Å². The zero-order valence-electron chi connectivity index (χ0n) is 26.5. The molecule has 0 bridgehead atoms.